The van der Waals surface area contributed by atoms with E-state index < -0.39 is 10.0 Å². The first kappa shape index (κ1) is 15.8. The van der Waals surface area contributed by atoms with E-state index in [1.54, 1.807) is 19.1 Å². The van der Waals surface area contributed by atoms with Crippen molar-refractivity contribution in [3.8, 4) is 11.8 Å². The summed E-state index contributed by atoms with van der Waals surface area (Å²) in [6.07, 6.45) is 1.32. The molecule has 0 unspecified atom stereocenters. The van der Waals surface area contributed by atoms with Gasteiger partial charge < -0.3 is 5.73 Å². The molecule has 0 saturated heterocycles. The zero-order valence-corrected chi connectivity index (χ0v) is 13.4. The minimum absolute atomic E-state index is 0.137. The molecular formula is C13H12ClN3O2S2. The number of rotatable bonds is 3. The van der Waals surface area contributed by atoms with E-state index in [2.05, 4.69) is 21.5 Å². The molecule has 1 aromatic heterocycles. The highest BCUT2D eigenvalue weighted by Gasteiger charge is 2.18. The van der Waals surface area contributed by atoms with Crippen LogP contribution in [0.15, 0.2) is 28.6 Å². The monoisotopic (exact) mass is 341 g/mol. The average Bonchev–Trinajstić information content (AvgIpc) is 2.85. The molecule has 110 valence electrons. The van der Waals surface area contributed by atoms with Gasteiger partial charge in [-0.05, 0) is 25.1 Å². The highest BCUT2D eigenvalue weighted by Crippen LogP contribution is 2.25. The molecule has 21 heavy (non-hydrogen) atoms. The molecular weight excluding hydrogens is 330 g/mol. The summed E-state index contributed by atoms with van der Waals surface area (Å²) in [5.41, 5.74) is 6.16. The van der Waals surface area contributed by atoms with E-state index in [-0.39, 0.29) is 10.8 Å². The van der Waals surface area contributed by atoms with Gasteiger partial charge in [-0.25, -0.2) is 13.4 Å². The van der Waals surface area contributed by atoms with Crippen molar-refractivity contribution in [2.45, 2.75) is 11.1 Å². The molecule has 2 aromatic rings. The Morgan fingerprint density at radius 3 is 2.86 bits per heavy atom. The second-order valence-electron chi connectivity index (χ2n) is 4.00. The van der Waals surface area contributed by atoms with Crippen molar-refractivity contribution in [1.29, 1.82) is 0 Å². The highest BCUT2D eigenvalue weighted by molar-refractivity contribution is 7.94. The number of halogens is 1. The van der Waals surface area contributed by atoms with Crippen LogP contribution in [0.4, 0.5) is 5.69 Å². The molecule has 0 aliphatic carbocycles. The average molecular weight is 342 g/mol. The van der Waals surface area contributed by atoms with Crippen LogP contribution in [0.25, 0.3) is 0 Å². The lowest BCUT2D eigenvalue weighted by Crippen LogP contribution is -2.12. The molecule has 0 fully saturated rings. The smallest absolute Gasteiger partial charge is 0.273 e. The molecule has 0 saturated carbocycles. The normalized spacial score (nSPS) is 10.8. The first-order valence-electron chi connectivity index (χ1n) is 5.86. The lowest BCUT2D eigenvalue weighted by Gasteiger charge is -2.08. The lowest BCUT2D eigenvalue weighted by atomic mass is 10.2. The number of aromatic nitrogens is 1. The summed E-state index contributed by atoms with van der Waals surface area (Å²) in [6, 6.07) is 4.78. The number of nitrogens with one attached hydrogen (secondary N) is 1. The zero-order valence-electron chi connectivity index (χ0n) is 11.1. The van der Waals surface area contributed by atoms with Crippen LogP contribution in [0.3, 0.4) is 0 Å². The van der Waals surface area contributed by atoms with E-state index in [4.69, 9.17) is 17.3 Å². The molecule has 0 atom stereocenters. The van der Waals surface area contributed by atoms with Crippen molar-refractivity contribution in [1.82, 2.24) is 4.98 Å². The lowest BCUT2D eigenvalue weighted by molar-refractivity contribution is 0.603. The number of thiazole rings is 1. The largest absolute Gasteiger partial charge is 0.320 e. The van der Waals surface area contributed by atoms with Gasteiger partial charge in [0.05, 0.1) is 23.4 Å². The molecule has 2 rings (SSSR count). The van der Waals surface area contributed by atoms with Gasteiger partial charge in [-0.3, -0.25) is 4.72 Å². The summed E-state index contributed by atoms with van der Waals surface area (Å²) < 4.78 is 27.2. The molecule has 0 bridgehead atoms. The van der Waals surface area contributed by atoms with E-state index in [1.165, 1.54) is 12.3 Å². The van der Waals surface area contributed by atoms with Gasteiger partial charge in [-0.2, -0.15) is 0 Å². The van der Waals surface area contributed by atoms with Crippen LogP contribution in [0.5, 0.6) is 0 Å². The van der Waals surface area contributed by atoms with Gasteiger partial charge in [0.25, 0.3) is 10.0 Å². The summed E-state index contributed by atoms with van der Waals surface area (Å²) in [5.74, 6) is 5.49. The number of hydrogen-bond acceptors (Lipinski definition) is 5. The van der Waals surface area contributed by atoms with Crippen molar-refractivity contribution in [3.63, 3.8) is 0 Å². The fourth-order valence-electron chi connectivity index (χ4n) is 1.52. The third-order valence-electron chi connectivity index (χ3n) is 2.42. The van der Waals surface area contributed by atoms with Crippen LogP contribution in [0.1, 0.15) is 10.6 Å². The Morgan fingerprint density at radius 2 is 2.24 bits per heavy atom. The van der Waals surface area contributed by atoms with Gasteiger partial charge >= 0.3 is 0 Å². The Balaban J connectivity index is 2.41. The van der Waals surface area contributed by atoms with Crippen LogP contribution in [0, 0.1) is 18.8 Å². The number of benzene rings is 1. The van der Waals surface area contributed by atoms with E-state index >= 15 is 0 Å². The molecule has 0 spiro atoms. The second kappa shape index (κ2) is 6.45. The van der Waals surface area contributed by atoms with Crippen molar-refractivity contribution in [2.24, 2.45) is 5.73 Å². The van der Waals surface area contributed by atoms with E-state index in [0.29, 0.717) is 21.3 Å². The Morgan fingerprint density at radius 1 is 1.48 bits per heavy atom. The summed E-state index contributed by atoms with van der Waals surface area (Å²) in [5, 5.41) is 1.08. The molecule has 0 amide bonds. The van der Waals surface area contributed by atoms with Gasteiger partial charge in [-0.1, -0.05) is 23.4 Å². The van der Waals surface area contributed by atoms with E-state index in [0.717, 1.165) is 11.3 Å². The predicted molar refractivity (Wildman–Crippen MR) is 85.0 cm³/mol. The summed E-state index contributed by atoms with van der Waals surface area (Å²) in [6.45, 7) is 1.92. The van der Waals surface area contributed by atoms with Crippen molar-refractivity contribution in [3.05, 3.63) is 40.0 Å². The van der Waals surface area contributed by atoms with Crippen molar-refractivity contribution >= 4 is 38.6 Å². The molecule has 0 aliphatic rings. The number of anilines is 1. The Labute approximate surface area is 132 Å². The molecule has 1 heterocycles. The van der Waals surface area contributed by atoms with Crippen LogP contribution in [-0.2, 0) is 10.0 Å². The topological polar surface area (TPSA) is 85.1 Å². The van der Waals surface area contributed by atoms with Gasteiger partial charge in [0.15, 0.2) is 4.21 Å². The fraction of sp³-hybridized carbons (Fsp3) is 0.154. The van der Waals surface area contributed by atoms with Gasteiger partial charge in [-0.15, -0.1) is 11.3 Å². The third kappa shape index (κ3) is 3.95. The predicted octanol–water partition coefficient (Wildman–Crippen LogP) is 2.22. The number of aryl methyl sites for hydroxylation is 1. The standard InChI is InChI=1S/C13H12ClN3O2S2/c1-9-16-8-13(20-9)21(18,19)17-12-7-11(14)5-4-10(12)3-2-6-15/h4-5,7-8,17H,6,15H2,1H3. The molecule has 0 radical (unpaired) electrons. The molecule has 1 aromatic carbocycles. The first-order chi connectivity index (χ1) is 9.92. The van der Waals surface area contributed by atoms with Gasteiger partial charge in [0.1, 0.15) is 0 Å². The number of nitrogens with zero attached hydrogens (tertiary/aromatic N) is 1. The SMILES string of the molecule is Cc1ncc(S(=O)(=O)Nc2cc(Cl)ccc2C#CCN)s1. The number of nitrogens with two attached hydrogens (primary N) is 1. The highest BCUT2D eigenvalue weighted by atomic mass is 35.5. The molecule has 8 heteroatoms. The fourth-order valence-corrected chi connectivity index (χ4v) is 3.87. The maximum atomic E-state index is 12.3. The maximum Gasteiger partial charge on any atom is 0.273 e. The Kier molecular flexibility index (Phi) is 4.85. The van der Waals surface area contributed by atoms with Gasteiger partial charge in [0, 0.05) is 10.6 Å². The van der Waals surface area contributed by atoms with Crippen LogP contribution in [-0.4, -0.2) is 19.9 Å². The Hall–Kier alpha value is -1.59. The van der Waals surface area contributed by atoms with Crippen molar-refractivity contribution in [2.75, 3.05) is 11.3 Å². The first-order valence-corrected chi connectivity index (χ1v) is 8.54. The molecule has 5 nitrogen and oxygen atoms in total. The summed E-state index contributed by atoms with van der Waals surface area (Å²) in [4.78, 5) is 3.94. The maximum absolute atomic E-state index is 12.3. The number of sulfonamides is 1. The number of hydrogen-bond donors (Lipinski definition) is 2. The molecule has 0 aliphatic heterocycles. The van der Waals surface area contributed by atoms with Crippen molar-refractivity contribution < 1.29 is 8.42 Å². The summed E-state index contributed by atoms with van der Waals surface area (Å²) >= 11 is 7.00. The quantitative estimate of drug-likeness (QED) is 0.838. The van der Waals surface area contributed by atoms with Crippen LogP contribution < -0.4 is 10.5 Å². The zero-order chi connectivity index (χ0) is 15.5. The van der Waals surface area contributed by atoms with Crippen LogP contribution in [0.2, 0.25) is 5.02 Å². The van der Waals surface area contributed by atoms with Gasteiger partial charge in [0.2, 0.25) is 0 Å². The minimum atomic E-state index is -3.71. The molecule has 3 N–H and O–H groups in total. The van der Waals surface area contributed by atoms with E-state index in [9.17, 15) is 8.42 Å². The third-order valence-corrected chi connectivity index (χ3v) is 5.39. The summed E-state index contributed by atoms with van der Waals surface area (Å²) in [7, 11) is -3.71. The minimum Gasteiger partial charge on any atom is -0.320 e. The second-order valence-corrected chi connectivity index (χ2v) is 7.58. The van der Waals surface area contributed by atoms with E-state index in [1.807, 2.05) is 0 Å². The Bertz CT molecular complexity index is 819. The van der Waals surface area contributed by atoms with Crippen LogP contribution >= 0.6 is 22.9 Å².